The second-order valence-electron chi connectivity index (χ2n) is 1.66. The molecule has 0 heterocycles. The Morgan fingerprint density at radius 2 is 1.31 bits per heavy atom. The molecule has 0 saturated carbocycles. The number of methoxy groups -OCH3 is 1. The number of aliphatic hydroxyl groups is 2. The molecule has 0 aromatic heterocycles. The first-order valence-electron chi connectivity index (χ1n) is 3.38. The zero-order valence-corrected chi connectivity index (χ0v) is 7.98. The van der Waals surface area contributed by atoms with Crippen LogP contribution in [0.1, 0.15) is 13.8 Å². The molecule has 0 aliphatic rings. The molecule has 0 unspecified atom stereocenters. The van der Waals surface area contributed by atoms with Gasteiger partial charge in [-0.05, 0) is 0 Å². The molecule has 0 aromatic rings. The van der Waals surface area contributed by atoms with E-state index in [1.165, 1.54) is 14.0 Å². The van der Waals surface area contributed by atoms with Gasteiger partial charge in [-0.1, -0.05) is 0 Å². The molecule has 0 rings (SSSR count). The van der Waals surface area contributed by atoms with E-state index in [9.17, 15) is 4.79 Å². The monoisotopic (exact) mass is 196 g/mol. The van der Waals surface area contributed by atoms with Crippen molar-refractivity contribution < 1.29 is 29.6 Å². The van der Waals surface area contributed by atoms with Gasteiger partial charge in [0, 0.05) is 13.8 Å². The number of carboxylic acids is 1. The number of aliphatic carboxylic acids is 1. The normalized spacial score (nSPS) is 6.85. The van der Waals surface area contributed by atoms with E-state index in [1.54, 1.807) is 0 Å². The zero-order valence-electron chi connectivity index (χ0n) is 7.98. The lowest BCUT2D eigenvalue weighted by Gasteiger charge is -1.80. The maximum atomic E-state index is 9.59. The van der Waals surface area contributed by atoms with Crippen LogP contribution in [0.2, 0.25) is 0 Å². The number of esters is 1. The number of hydrogen-bond acceptors (Lipinski definition) is 5. The molecule has 0 radical (unpaired) electrons. The Labute approximate surface area is 76.8 Å². The highest BCUT2D eigenvalue weighted by atomic mass is 16.5. The van der Waals surface area contributed by atoms with E-state index in [4.69, 9.17) is 20.1 Å². The number of rotatable bonds is 1. The Morgan fingerprint density at radius 1 is 1.15 bits per heavy atom. The average molecular weight is 196 g/mol. The van der Waals surface area contributed by atoms with Gasteiger partial charge < -0.3 is 20.1 Å². The zero-order chi connectivity index (χ0) is 11.3. The van der Waals surface area contributed by atoms with Crippen LogP contribution in [0.5, 0.6) is 0 Å². The van der Waals surface area contributed by atoms with Gasteiger partial charge >= 0.3 is 5.97 Å². The number of aliphatic hydroxyl groups excluding tert-OH is 2. The molecule has 80 valence electrons. The van der Waals surface area contributed by atoms with Crippen LogP contribution in [0, 0.1) is 0 Å². The van der Waals surface area contributed by atoms with Crippen molar-refractivity contribution in [2.24, 2.45) is 0 Å². The van der Waals surface area contributed by atoms with Crippen molar-refractivity contribution in [2.75, 3.05) is 20.3 Å². The molecule has 0 fully saturated rings. The number of carboxylic acid groups (broad SMARTS) is 1. The number of hydrogen-bond donors (Lipinski definition) is 3. The highest BCUT2D eigenvalue weighted by molar-refractivity contribution is 5.65. The lowest BCUT2D eigenvalue weighted by atomic mass is 10.8. The van der Waals surface area contributed by atoms with Gasteiger partial charge in [-0.3, -0.25) is 9.59 Å². The largest absolute Gasteiger partial charge is 0.481 e. The lowest BCUT2D eigenvalue weighted by molar-refractivity contribution is -0.138. The Balaban J connectivity index is -0.000000117. The Hall–Kier alpha value is -1.14. The third-order valence-electron chi connectivity index (χ3n) is 0.387. The summed E-state index contributed by atoms with van der Waals surface area (Å²) in [5, 5.41) is 22.7. The highest BCUT2D eigenvalue weighted by Gasteiger charge is 1.75. The van der Waals surface area contributed by atoms with Crippen molar-refractivity contribution in [3.63, 3.8) is 0 Å². The van der Waals surface area contributed by atoms with Crippen molar-refractivity contribution in [1.82, 2.24) is 0 Å². The molecule has 13 heavy (non-hydrogen) atoms. The Morgan fingerprint density at radius 3 is 1.31 bits per heavy atom. The van der Waals surface area contributed by atoms with E-state index in [0.717, 1.165) is 6.92 Å². The molecular weight excluding hydrogens is 180 g/mol. The van der Waals surface area contributed by atoms with E-state index in [-0.39, 0.29) is 19.2 Å². The van der Waals surface area contributed by atoms with E-state index in [0.29, 0.717) is 0 Å². The standard InChI is InChI=1S/C3H6O2.C2H4O2.C2H6O2/c1-3(4)5-2;1-2(3)4;3-1-2-4/h1-2H3;1H3,(H,3,4);3-4H,1-2H2. The second-order valence-corrected chi connectivity index (χ2v) is 1.66. The molecule has 0 saturated heterocycles. The fraction of sp³-hybridized carbons (Fsp3) is 0.714. The summed E-state index contributed by atoms with van der Waals surface area (Å²) in [6.07, 6.45) is 0. The molecule has 0 aromatic carbocycles. The van der Waals surface area contributed by atoms with Crippen molar-refractivity contribution in [3.8, 4) is 0 Å². The van der Waals surface area contributed by atoms with Crippen LogP contribution in [0.15, 0.2) is 0 Å². The minimum atomic E-state index is -0.833. The third-order valence-corrected chi connectivity index (χ3v) is 0.387. The van der Waals surface area contributed by atoms with Gasteiger partial charge in [0.2, 0.25) is 0 Å². The summed E-state index contributed by atoms with van der Waals surface area (Å²) in [4.78, 5) is 18.6. The fourth-order valence-corrected chi connectivity index (χ4v) is 0. The first-order valence-corrected chi connectivity index (χ1v) is 3.38. The van der Waals surface area contributed by atoms with Crippen molar-refractivity contribution in [2.45, 2.75) is 13.8 Å². The Bertz CT molecular complexity index is 116. The summed E-state index contributed by atoms with van der Waals surface area (Å²) in [6, 6.07) is 0. The molecular formula is C7H16O6. The van der Waals surface area contributed by atoms with E-state index >= 15 is 0 Å². The molecule has 0 amide bonds. The molecule has 6 nitrogen and oxygen atoms in total. The van der Waals surface area contributed by atoms with Crippen molar-refractivity contribution in [3.05, 3.63) is 0 Å². The van der Waals surface area contributed by atoms with Crippen LogP contribution < -0.4 is 0 Å². The first kappa shape index (κ1) is 17.8. The van der Waals surface area contributed by atoms with Crippen LogP contribution >= 0.6 is 0 Å². The maximum absolute atomic E-state index is 9.59. The topological polar surface area (TPSA) is 104 Å². The van der Waals surface area contributed by atoms with Crippen LogP contribution in [0.4, 0.5) is 0 Å². The maximum Gasteiger partial charge on any atom is 0.302 e. The molecule has 0 atom stereocenters. The van der Waals surface area contributed by atoms with E-state index < -0.39 is 5.97 Å². The number of carbonyl (C=O) groups excluding carboxylic acids is 1. The van der Waals surface area contributed by atoms with E-state index in [2.05, 4.69) is 4.74 Å². The van der Waals surface area contributed by atoms with Gasteiger partial charge in [0.1, 0.15) is 0 Å². The quantitative estimate of drug-likeness (QED) is 0.476. The molecule has 0 aliphatic carbocycles. The first-order chi connectivity index (χ1) is 5.92. The van der Waals surface area contributed by atoms with Crippen LogP contribution in [0.25, 0.3) is 0 Å². The van der Waals surface area contributed by atoms with Crippen LogP contribution in [-0.4, -0.2) is 47.6 Å². The third kappa shape index (κ3) is 246. The van der Waals surface area contributed by atoms with Crippen molar-refractivity contribution >= 4 is 11.9 Å². The molecule has 0 aliphatic heterocycles. The number of ether oxygens (including phenoxy) is 1. The Kier molecular flexibility index (Phi) is 23.4. The molecule has 3 N–H and O–H groups in total. The van der Waals surface area contributed by atoms with Gasteiger partial charge in [-0.25, -0.2) is 0 Å². The summed E-state index contributed by atoms with van der Waals surface area (Å²) in [5.74, 6) is -1.08. The second kappa shape index (κ2) is 17.1. The predicted octanol–water partition coefficient (Wildman–Crippen LogP) is -0.759. The summed E-state index contributed by atoms with van der Waals surface area (Å²) < 4.78 is 4.11. The van der Waals surface area contributed by atoms with Gasteiger partial charge in [0.15, 0.2) is 0 Å². The van der Waals surface area contributed by atoms with E-state index in [1.807, 2.05) is 0 Å². The average Bonchev–Trinajstić information content (AvgIpc) is 2.04. The lowest BCUT2D eigenvalue weighted by Crippen LogP contribution is -1.88. The fourth-order valence-electron chi connectivity index (χ4n) is 0. The predicted molar refractivity (Wildman–Crippen MR) is 45.2 cm³/mol. The SMILES string of the molecule is CC(=O)O.COC(C)=O.OCCO. The molecule has 0 bridgehead atoms. The summed E-state index contributed by atoms with van der Waals surface area (Å²) >= 11 is 0. The summed E-state index contributed by atoms with van der Waals surface area (Å²) in [6.45, 7) is 2.19. The van der Waals surface area contributed by atoms with Gasteiger partial charge in [-0.15, -0.1) is 0 Å². The van der Waals surface area contributed by atoms with Gasteiger partial charge in [0.25, 0.3) is 5.97 Å². The minimum absolute atomic E-state index is 0.125. The molecule has 6 heteroatoms. The summed E-state index contributed by atoms with van der Waals surface area (Å²) in [7, 11) is 1.35. The highest BCUT2D eigenvalue weighted by Crippen LogP contribution is 1.60. The minimum Gasteiger partial charge on any atom is -0.481 e. The van der Waals surface area contributed by atoms with Crippen molar-refractivity contribution in [1.29, 1.82) is 0 Å². The van der Waals surface area contributed by atoms with Crippen LogP contribution in [-0.2, 0) is 14.3 Å². The number of carbonyl (C=O) groups is 2. The summed E-state index contributed by atoms with van der Waals surface area (Å²) in [5.41, 5.74) is 0. The van der Waals surface area contributed by atoms with Gasteiger partial charge in [0.05, 0.1) is 20.3 Å². The molecule has 0 spiro atoms. The van der Waals surface area contributed by atoms with Gasteiger partial charge in [-0.2, -0.15) is 0 Å². The smallest absolute Gasteiger partial charge is 0.302 e. The van der Waals surface area contributed by atoms with Crippen LogP contribution in [0.3, 0.4) is 0 Å².